The van der Waals surface area contributed by atoms with Crippen LogP contribution in [0.5, 0.6) is 0 Å². The number of aliphatic imine (C=N–C) groups is 1. The lowest BCUT2D eigenvalue weighted by atomic mass is 9.85. The van der Waals surface area contributed by atoms with E-state index in [9.17, 15) is 37.5 Å². The molecule has 18 heteroatoms. The van der Waals surface area contributed by atoms with Gasteiger partial charge in [-0.25, -0.2) is 18.1 Å². The molecule has 2 saturated heterocycles. The summed E-state index contributed by atoms with van der Waals surface area (Å²) in [5.41, 5.74) is 3.22. The Morgan fingerprint density at radius 3 is 2.48 bits per heavy atom. The second-order valence-electron chi connectivity index (χ2n) is 14.6. The Bertz CT molecular complexity index is 2030. The molecule has 278 valence electrons. The van der Waals surface area contributed by atoms with Gasteiger partial charge >= 0.3 is 0 Å². The average molecular weight is 738 g/mol. The second-order valence-corrected chi connectivity index (χ2v) is 16.9. The van der Waals surface area contributed by atoms with E-state index >= 15 is 0 Å². The number of fused-ring (bicyclic) bond motifs is 1. The van der Waals surface area contributed by atoms with Gasteiger partial charge < -0.3 is 21.1 Å². The highest BCUT2D eigenvalue weighted by Crippen LogP contribution is 2.34. The molecule has 52 heavy (non-hydrogen) atoms. The van der Waals surface area contributed by atoms with Crippen molar-refractivity contribution in [2.24, 2.45) is 16.6 Å². The third kappa shape index (κ3) is 7.67. The largest absolute Gasteiger partial charge is 0.384 e. The fraction of sp³-hybridized carbons (Fsp3) is 0.559. The average Bonchev–Trinajstić information content (AvgIpc) is 3.88. The Hall–Kier alpha value is -4.84. The first-order chi connectivity index (χ1) is 24.6. The molecule has 1 saturated carbocycles. The number of benzene rings is 1. The fourth-order valence-corrected chi connectivity index (χ4v) is 9.06. The first-order valence-electron chi connectivity index (χ1n) is 17.4. The molecular formula is C34H43N9O8S. The number of sulfone groups is 1. The molecule has 2 aliphatic heterocycles. The molecule has 3 aliphatic rings. The van der Waals surface area contributed by atoms with E-state index in [-0.39, 0.29) is 49.4 Å². The quantitative estimate of drug-likeness (QED) is 0.168. The van der Waals surface area contributed by atoms with Gasteiger partial charge in [0.05, 0.1) is 41.2 Å². The van der Waals surface area contributed by atoms with Crippen LogP contribution in [0.15, 0.2) is 35.6 Å². The van der Waals surface area contributed by atoms with Crippen LogP contribution in [0, 0.1) is 5.92 Å². The van der Waals surface area contributed by atoms with Crippen LogP contribution < -0.4 is 11.1 Å². The number of carbonyl (C=O) groups is 5. The summed E-state index contributed by atoms with van der Waals surface area (Å²) in [6.45, 7) is 2.98. The molecule has 1 aromatic carbocycles. The van der Waals surface area contributed by atoms with Crippen molar-refractivity contribution in [3.05, 3.63) is 41.9 Å². The number of hydrogen-bond donors (Lipinski definition) is 4. The van der Waals surface area contributed by atoms with Crippen molar-refractivity contribution in [1.82, 2.24) is 35.4 Å². The van der Waals surface area contributed by atoms with Gasteiger partial charge in [-0.1, -0.05) is 43.4 Å². The number of primary amides is 1. The number of likely N-dealkylation sites (tertiary alicyclic amines) is 1. The third-order valence-electron chi connectivity index (χ3n) is 10.5. The number of amides is 4. The van der Waals surface area contributed by atoms with Gasteiger partial charge in [0, 0.05) is 23.9 Å². The zero-order valence-corrected chi connectivity index (χ0v) is 29.9. The summed E-state index contributed by atoms with van der Waals surface area (Å²) >= 11 is 0. The van der Waals surface area contributed by atoms with Gasteiger partial charge in [-0.3, -0.25) is 29.1 Å². The van der Waals surface area contributed by atoms with E-state index in [1.165, 1.54) is 15.8 Å². The molecule has 3 fully saturated rings. The number of nitrogens with two attached hydrogens (primary N) is 1. The van der Waals surface area contributed by atoms with Crippen LogP contribution in [0.25, 0.3) is 10.9 Å². The Labute approximate surface area is 299 Å². The second kappa shape index (κ2) is 14.3. The van der Waals surface area contributed by atoms with E-state index in [2.05, 4.69) is 30.8 Å². The maximum Gasteiger partial charge on any atom is 0.287 e. The Morgan fingerprint density at radius 2 is 1.81 bits per heavy atom. The van der Waals surface area contributed by atoms with Crippen LogP contribution in [-0.2, 0) is 34.6 Å². The van der Waals surface area contributed by atoms with Gasteiger partial charge in [-0.05, 0) is 51.2 Å². The van der Waals surface area contributed by atoms with Crippen LogP contribution in [0.3, 0.4) is 0 Å². The van der Waals surface area contributed by atoms with E-state index in [1.807, 2.05) is 0 Å². The predicted molar refractivity (Wildman–Crippen MR) is 186 cm³/mol. The summed E-state index contributed by atoms with van der Waals surface area (Å²) < 4.78 is 26.1. The molecule has 2 aromatic heterocycles. The molecule has 6 rings (SSSR count). The lowest BCUT2D eigenvalue weighted by Gasteiger charge is -2.37. The normalized spacial score (nSPS) is 22.3. The molecule has 0 bridgehead atoms. The Balaban J connectivity index is 1.37. The van der Waals surface area contributed by atoms with Gasteiger partial charge in [0.2, 0.25) is 11.7 Å². The Kier molecular flexibility index (Phi) is 10.2. The number of rotatable bonds is 10. The van der Waals surface area contributed by atoms with Crippen molar-refractivity contribution in [3.8, 4) is 0 Å². The number of aliphatic hydroxyl groups is 1. The number of nitrogens with zero attached hydrogens (tertiary/aromatic N) is 6. The van der Waals surface area contributed by atoms with Gasteiger partial charge in [0.1, 0.15) is 22.9 Å². The van der Waals surface area contributed by atoms with Crippen LogP contribution in [0.1, 0.15) is 93.7 Å². The van der Waals surface area contributed by atoms with Gasteiger partial charge in [-0.2, -0.15) is 5.10 Å². The first kappa shape index (κ1) is 36.9. The highest BCUT2D eigenvalue weighted by Gasteiger charge is 2.50. The number of Topliss-reactive ketones (excluding diaryl/α,β-unsaturated/α-hetero) is 1. The minimum atomic E-state index is -3.53. The number of nitrogens with one attached hydrogen (secondary N) is 2. The third-order valence-corrected chi connectivity index (χ3v) is 12.1. The van der Waals surface area contributed by atoms with Crippen LogP contribution in [0.4, 0.5) is 0 Å². The van der Waals surface area contributed by atoms with Crippen molar-refractivity contribution in [2.75, 3.05) is 18.1 Å². The molecule has 1 aliphatic carbocycles. The first-order valence-corrected chi connectivity index (χ1v) is 19.2. The zero-order chi connectivity index (χ0) is 37.4. The standard InChI is InChI=1S/C34H43N9O8S/c1-33(2,49)27-18-37-41-43(27)23-16-26(31(47)39-34(28(44)29(35)45)10-12-52(50,51)13-11-34)42(19-23)32(48)25(14-20-6-4-3-5-7-20)38-30(46)21-8-9-22-17-36-40-24(22)15-21/h8-9,15,17-18,20,23,26,49H,3-7,10-14,16,19H2,1-2H3,(H2,35,45)(H,36,40)(H,39,47)/t23-,26-/m0/s1. The predicted octanol–water partition coefficient (Wildman–Crippen LogP) is 0.894. The maximum absolute atomic E-state index is 14.7. The molecule has 5 N–H and O–H groups in total. The lowest BCUT2D eigenvalue weighted by Crippen LogP contribution is -2.64. The monoisotopic (exact) mass is 737 g/mol. The van der Waals surface area contributed by atoms with Gasteiger partial charge in [0.15, 0.2) is 9.84 Å². The maximum atomic E-state index is 14.7. The molecule has 17 nitrogen and oxygen atoms in total. The van der Waals surface area contributed by atoms with Crippen molar-refractivity contribution in [1.29, 1.82) is 0 Å². The fourth-order valence-electron chi connectivity index (χ4n) is 7.53. The van der Waals surface area contributed by atoms with Gasteiger partial charge in [-0.15, -0.1) is 5.10 Å². The van der Waals surface area contributed by atoms with E-state index in [4.69, 9.17) is 5.73 Å². The number of aromatic amines is 1. The van der Waals surface area contributed by atoms with Crippen LogP contribution in [-0.4, -0.2) is 108 Å². The molecular weight excluding hydrogens is 694 g/mol. The smallest absolute Gasteiger partial charge is 0.287 e. The summed E-state index contributed by atoms with van der Waals surface area (Å²) in [4.78, 5) is 73.6. The molecule has 4 amide bonds. The van der Waals surface area contributed by atoms with Crippen molar-refractivity contribution in [3.63, 3.8) is 0 Å². The van der Waals surface area contributed by atoms with Crippen LogP contribution in [0.2, 0.25) is 0 Å². The van der Waals surface area contributed by atoms with Crippen molar-refractivity contribution >= 4 is 55.9 Å². The molecule has 2 atom stereocenters. The van der Waals surface area contributed by atoms with Gasteiger partial charge in [0.25, 0.3) is 17.7 Å². The highest BCUT2D eigenvalue weighted by atomic mass is 32.2. The summed E-state index contributed by atoms with van der Waals surface area (Å²) in [6, 6.07) is 2.94. The van der Waals surface area contributed by atoms with Crippen molar-refractivity contribution in [2.45, 2.75) is 94.9 Å². The lowest BCUT2D eigenvalue weighted by molar-refractivity contribution is -0.143. The minimum absolute atomic E-state index is 0.0342. The summed E-state index contributed by atoms with van der Waals surface area (Å²) in [6.07, 6.45) is 7.05. The van der Waals surface area contributed by atoms with E-state index in [0.717, 1.165) is 37.5 Å². The molecule has 0 radical (unpaired) electrons. The zero-order valence-electron chi connectivity index (χ0n) is 29.1. The van der Waals surface area contributed by atoms with Crippen LogP contribution >= 0.6 is 0 Å². The number of aromatic nitrogens is 5. The summed E-state index contributed by atoms with van der Waals surface area (Å²) in [5, 5.41) is 29.2. The SMILES string of the molecule is CC(C)(O)c1cnnn1[C@H]1C[C@@H](C(=O)NC2(C(=O)C(N)=O)CCS(=O)(=O)CC2)N(C(=O)C(CC2CCCCC2)=NC(=O)c2ccc3cn[nH]c3c2)C1. The summed E-state index contributed by atoms with van der Waals surface area (Å²) in [5.74, 6) is -5.45. The molecule has 4 heterocycles. The Morgan fingerprint density at radius 1 is 1.10 bits per heavy atom. The topological polar surface area (TPSA) is 253 Å². The number of hydrogen-bond acceptors (Lipinski definition) is 11. The van der Waals surface area contributed by atoms with Crippen molar-refractivity contribution < 1.29 is 37.5 Å². The summed E-state index contributed by atoms with van der Waals surface area (Å²) in [7, 11) is -3.53. The van der Waals surface area contributed by atoms with E-state index in [1.54, 1.807) is 38.2 Å². The molecule has 0 spiro atoms. The highest BCUT2D eigenvalue weighted by molar-refractivity contribution is 7.91. The number of H-pyrrole nitrogens is 1. The molecule has 0 unspecified atom stereocenters. The minimum Gasteiger partial charge on any atom is -0.384 e. The molecule has 3 aromatic rings. The van der Waals surface area contributed by atoms with E-state index < -0.39 is 74.0 Å². The van der Waals surface area contributed by atoms with E-state index in [0.29, 0.717) is 11.2 Å². The number of carbonyl (C=O) groups excluding carboxylic acids is 5. The number of ketones is 1.